The van der Waals surface area contributed by atoms with Gasteiger partial charge in [-0.2, -0.15) is 0 Å². The molecule has 0 aliphatic carbocycles. The molecule has 8 heteroatoms. The van der Waals surface area contributed by atoms with Crippen LogP contribution >= 0.6 is 0 Å². The quantitative estimate of drug-likeness (QED) is 0.797. The lowest BCUT2D eigenvalue weighted by Gasteiger charge is -2.13. The van der Waals surface area contributed by atoms with Gasteiger partial charge >= 0.3 is 0 Å². The summed E-state index contributed by atoms with van der Waals surface area (Å²) in [6.07, 6.45) is 2.68. The van der Waals surface area contributed by atoms with E-state index in [-0.39, 0.29) is 10.9 Å². The molecular weight excluding hydrogens is 300 g/mol. The van der Waals surface area contributed by atoms with Gasteiger partial charge in [0.15, 0.2) is 0 Å². The standard InChI is InChI=1S/C12H20N2O4S2/c1-4-5-10(2)13-20(17,18)12-8-6-11(7-9-12)14-19(3,15)16/h6-10,13-14H,4-5H2,1-3H3/t10-/m0/s1. The first-order chi connectivity index (χ1) is 9.14. The topological polar surface area (TPSA) is 92.3 Å². The van der Waals surface area contributed by atoms with Gasteiger partial charge in [-0.05, 0) is 37.6 Å². The molecule has 0 aliphatic rings. The molecule has 1 rings (SSSR count). The molecule has 0 saturated carbocycles. The number of benzene rings is 1. The third-order valence-electron chi connectivity index (χ3n) is 2.55. The van der Waals surface area contributed by atoms with Crippen molar-refractivity contribution < 1.29 is 16.8 Å². The molecule has 20 heavy (non-hydrogen) atoms. The maximum Gasteiger partial charge on any atom is 0.240 e. The maximum absolute atomic E-state index is 12.1. The molecule has 0 spiro atoms. The summed E-state index contributed by atoms with van der Waals surface area (Å²) in [4.78, 5) is 0.111. The largest absolute Gasteiger partial charge is 0.284 e. The Labute approximate surface area is 120 Å². The summed E-state index contributed by atoms with van der Waals surface area (Å²) in [6, 6.07) is 5.43. The predicted molar refractivity (Wildman–Crippen MR) is 79.6 cm³/mol. The monoisotopic (exact) mass is 320 g/mol. The van der Waals surface area contributed by atoms with Crippen LogP contribution in [0.3, 0.4) is 0 Å². The van der Waals surface area contributed by atoms with Crippen molar-refractivity contribution in [1.82, 2.24) is 4.72 Å². The second kappa shape index (κ2) is 6.55. The highest BCUT2D eigenvalue weighted by molar-refractivity contribution is 7.92. The average molecular weight is 320 g/mol. The minimum Gasteiger partial charge on any atom is -0.284 e. The molecule has 0 unspecified atom stereocenters. The second-order valence-corrected chi connectivity index (χ2v) is 8.17. The van der Waals surface area contributed by atoms with E-state index in [1.54, 1.807) is 6.92 Å². The highest BCUT2D eigenvalue weighted by Gasteiger charge is 2.16. The van der Waals surface area contributed by atoms with Crippen molar-refractivity contribution in [2.45, 2.75) is 37.6 Å². The summed E-state index contributed by atoms with van der Waals surface area (Å²) < 4.78 is 51.1. The molecule has 0 fully saturated rings. The SMILES string of the molecule is CCC[C@H](C)NS(=O)(=O)c1ccc(NS(C)(=O)=O)cc1. The number of nitrogens with one attached hydrogen (secondary N) is 2. The van der Waals surface area contributed by atoms with E-state index < -0.39 is 20.0 Å². The Bertz CT molecular complexity index is 637. The van der Waals surface area contributed by atoms with Gasteiger partial charge in [-0.3, -0.25) is 4.72 Å². The minimum absolute atomic E-state index is 0.111. The van der Waals surface area contributed by atoms with Crippen LogP contribution in [0.15, 0.2) is 29.2 Å². The van der Waals surface area contributed by atoms with Crippen LogP contribution < -0.4 is 9.44 Å². The fraction of sp³-hybridized carbons (Fsp3) is 0.500. The highest BCUT2D eigenvalue weighted by Crippen LogP contribution is 2.15. The van der Waals surface area contributed by atoms with E-state index in [1.807, 2.05) is 6.92 Å². The number of hydrogen-bond acceptors (Lipinski definition) is 4. The third-order valence-corrected chi connectivity index (χ3v) is 4.76. The lowest BCUT2D eigenvalue weighted by molar-refractivity contribution is 0.544. The zero-order chi connectivity index (χ0) is 15.4. The Kier molecular flexibility index (Phi) is 5.55. The summed E-state index contributed by atoms with van der Waals surface area (Å²) in [5, 5.41) is 0. The molecule has 1 atom stereocenters. The molecule has 2 N–H and O–H groups in total. The van der Waals surface area contributed by atoms with Crippen molar-refractivity contribution in [1.29, 1.82) is 0 Å². The predicted octanol–water partition coefficient (Wildman–Crippen LogP) is 1.52. The van der Waals surface area contributed by atoms with Gasteiger partial charge < -0.3 is 0 Å². The summed E-state index contributed by atoms with van der Waals surface area (Å²) in [6.45, 7) is 3.79. The number of sulfonamides is 2. The fourth-order valence-corrected chi connectivity index (χ4v) is 3.58. The second-order valence-electron chi connectivity index (χ2n) is 4.71. The third kappa shape index (κ3) is 5.48. The van der Waals surface area contributed by atoms with Gasteiger partial charge in [-0.15, -0.1) is 0 Å². The van der Waals surface area contributed by atoms with E-state index in [2.05, 4.69) is 9.44 Å². The smallest absolute Gasteiger partial charge is 0.240 e. The zero-order valence-corrected chi connectivity index (χ0v) is 13.4. The summed E-state index contributed by atoms with van der Waals surface area (Å²) in [5.41, 5.74) is 0.327. The van der Waals surface area contributed by atoms with Crippen molar-refractivity contribution in [3.8, 4) is 0 Å². The molecule has 6 nitrogen and oxygen atoms in total. The molecule has 0 radical (unpaired) electrons. The summed E-state index contributed by atoms with van der Waals surface area (Å²) in [7, 11) is -6.94. The number of anilines is 1. The lowest BCUT2D eigenvalue weighted by atomic mass is 10.2. The number of rotatable bonds is 7. The molecule has 1 aromatic rings. The molecule has 0 saturated heterocycles. The van der Waals surface area contributed by atoms with Crippen molar-refractivity contribution >= 4 is 25.7 Å². The van der Waals surface area contributed by atoms with Gasteiger partial charge in [0.2, 0.25) is 20.0 Å². The van der Waals surface area contributed by atoms with Crippen LogP contribution in [0.2, 0.25) is 0 Å². The summed E-state index contributed by atoms with van der Waals surface area (Å²) >= 11 is 0. The van der Waals surface area contributed by atoms with Crippen LogP contribution in [0.4, 0.5) is 5.69 Å². The van der Waals surface area contributed by atoms with E-state index >= 15 is 0 Å². The lowest BCUT2D eigenvalue weighted by Crippen LogP contribution is -2.32. The van der Waals surface area contributed by atoms with Gasteiger partial charge in [-0.1, -0.05) is 13.3 Å². The molecule has 0 bridgehead atoms. The van der Waals surface area contributed by atoms with E-state index in [0.29, 0.717) is 5.69 Å². The van der Waals surface area contributed by atoms with Crippen molar-refractivity contribution in [2.24, 2.45) is 0 Å². The van der Waals surface area contributed by atoms with Crippen molar-refractivity contribution in [3.63, 3.8) is 0 Å². The van der Waals surface area contributed by atoms with Crippen LogP contribution in [0, 0.1) is 0 Å². The maximum atomic E-state index is 12.1. The average Bonchev–Trinajstić information content (AvgIpc) is 2.26. The Morgan fingerprint density at radius 3 is 2.10 bits per heavy atom. The van der Waals surface area contributed by atoms with E-state index in [9.17, 15) is 16.8 Å². The van der Waals surface area contributed by atoms with Gasteiger partial charge in [0.1, 0.15) is 0 Å². The first-order valence-electron chi connectivity index (χ1n) is 6.24. The van der Waals surface area contributed by atoms with E-state index in [1.165, 1.54) is 24.3 Å². The van der Waals surface area contributed by atoms with E-state index in [0.717, 1.165) is 19.1 Å². The Balaban J connectivity index is 2.87. The zero-order valence-electron chi connectivity index (χ0n) is 11.8. The van der Waals surface area contributed by atoms with Crippen LogP contribution in [-0.2, 0) is 20.0 Å². The Morgan fingerprint density at radius 1 is 1.10 bits per heavy atom. The van der Waals surface area contributed by atoms with E-state index in [4.69, 9.17) is 0 Å². The molecule has 0 amide bonds. The molecule has 1 aromatic carbocycles. The van der Waals surface area contributed by atoms with Crippen molar-refractivity contribution in [2.75, 3.05) is 11.0 Å². The first-order valence-corrected chi connectivity index (χ1v) is 9.61. The van der Waals surface area contributed by atoms with Gasteiger partial charge in [-0.25, -0.2) is 21.6 Å². The van der Waals surface area contributed by atoms with Crippen LogP contribution in [-0.4, -0.2) is 29.1 Å². The highest BCUT2D eigenvalue weighted by atomic mass is 32.2. The van der Waals surface area contributed by atoms with Crippen molar-refractivity contribution in [3.05, 3.63) is 24.3 Å². The molecular formula is C12H20N2O4S2. The molecule has 0 aromatic heterocycles. The molecule has 0 heterocycles. The Morgan fingerprint density at radius 2 is 1.65 bits per heavy atom. The summed E-state index contributed by atoms with van der Waals surface area (Å²) in [5.74, 6) is 0. The van der Waals surface area contributed by atoms with Crippen LogP contribution in [0.1, 0.15) is 26.7 Å². The van der Waals surface area contributed by atoms with Crippen LogP contribution in [0.5, 0.6) is 0 Å². The Hall–Kier alpha value is -1.12. The van der Waals surface area contributed by atoms with Gasteiger partial charge in [0.25, 0.3) is 0 Å². The van der Waals surface area contributed by atoms with Gasteiger partial charge in [0, 0.05) is 11.7 Å². The van der Waals surface area contributed by atoms with Crippen LogP contribution in [0.25, 0.3) is 0 Å². The normalized spacial score (nSPS) is 13.9. The first kappa shape index (κ1) is 16.9. The minimum atomic E-state index is -3.57. The fourth-order valence-electron chi connectivity index (χ4n) is 1.74. The van der Waals surface area contributed by atoms with Gasteiger partial charge in [0.05, 0.1) is 11.2 Å². The molecule has 114 valence electrons. The number of hydrogen-bond donors (Lipinski definition) is 2. The molecule has 0 aliphatic heterocycles.